The molecule has 1 heterocycles. The minimum Gasteiger partial charge on any atom is -0.465 e. The van der Waals surface area contributed by atoms with Gasteiger partial charge in [-0.3, -0.25) is 19.2 Å². The number of halogens is 1. The maximum Gasteiger partial charge on any atom is 0.321 e. The Hall–Kier alpha value is -3.72. The van der Waals surface area contributed by atoms with Crippen LogP contribution in [0.15, 0.2) is 53.5 Å². The van der Waals surface area contributed by atoms with Crippen LogP contribution in [0.3, 0.4) is 0 Å². The number of nitrogens with two attached hydrogens (primary N) is 1. The van der Waals surface area contributed by atoms with Gasteiger partial charge in [-0.1, -0.05) is 61.7 Å². The van der Waals surface area contributed by atoms with Crippen molar-refractivity contribution in [3.05, 3.63) is 64.7 Å². The van der Waals surface area contributed by atoms with Crippen LogP contribution in [0.1, 0.15) is 56.6 Å². The van der Waals surface area contributed by atoms with Crippen LogP contribution in [0, 0.1) is 11.3 Å². The van der Waals surface area contributed by atoms with Crippen molar-refractivity contribution < 1.29 is 23.9 Å². The third kappa shape index (κ3) is 6.14. The molecule has 0 aromatic heterocycles. The lowest BCUT2D eigenvalue weighted by atomic mass is 9.85. The Kier molecular flexibility index (Phi) is 8.70. The Morgan fingerprint density at radius 2 is 1.82 bits per heavy atom. The number of benzodiazepines with no additional fused rings is 1. The molecule has 3 amide bonds. The summed E-state index contributed by atoms with van der Waals surface area (Å²) in [7, 11) is 1.65. The number of ether oxygens (including phenoxy) is 1. The van der Waals surface area contributed by atoms with Gasteiger partial charge in [0.1, 0.15) is 5.41 Å². The summed E-state index contributed by atoms with van der Waals surface area (Å²) in [5, 5.41) is 3.34. The lowest BCUT2D eigenvalue weighted by Gasteiger charge is -2.23. The predicted molar refractivity (Wildman–Crippen MR) is 148 cm³/mol. The molecule has 39 heavy (non-hydrogen) atoms. The largest absolute Gasteiger partial charge is 0.465 e. The Morgan fingerprint density at radius 1 is 1.15 bits per heavy atom. The average molecular weight is 553 g/mol. The van der Waals surface area contributed by atoms with Crippen molar-refractivity contribution in [3.63, 3.8) is 0 Å². The van der Waals surface area contributed by atoms with E-state index in [1.165, 1.54) is 4.90 Å². The SMILES string of the molecule is CC(CCOC(=O)C1(C(N)=O)CCCC1)CC(=O)NC1N=C(c2ccc(Cl)cc2)c2ccccc2N(C)C1=O. The molecule has 3 N–H and O–H groups in total. The molecule has 1 saturated carbocycles. The second kappa shape index (κ2) is 12.0. The van der Waals surface area contributed by atoms with Crippen LogP contribution >= 0.6 is 11.6 Å². The third-order valence-corrected chi connectivity index (χ3v) is 7.71. The van der Waals surface area contributed by atoms with E-state index in [1.54, 1.807) is 19.2 Å². The van der Waals surface area contributed by atoms with Gasteiger partial charge in [-0.2, -0.15) is 0 Å². The standard InChI is InChI=1S/C29H33ClN4O5/c1-18(13-16-39-28(38)29(27(31)37)14-5-6-15-29)17-23(35)32-25-26(36)34(2)22-8-4-3-7-21(22)24(33-25)19-9-11-20(30)12-10-19/h3-4,7-12,18,25H,5-6,13-17H2,1-2H3,(H2,31,37)(H,32,35). The van der Waals surface area contributed by atoms with Crippen LogP contribution in [0.25, 0.3) is 0 Å². The van der Waals surface area contributed by atoms with Crippen molar-refractivity contribution in [1.29, 1.82) is 0 Å². The van der Waals surface area contributed by atoms with Crippen LogP contribution < -0.4 is 16.0 Å². The number of esters is 1. The number of amides is 3. The zero-order valence-corrected chi connectivity index (χ0v) is 22.9. The molecule has 206 valence electrons. The van der Waals surface area contributed by atoms with Crippen molar-refractivity contribution in [2.75, 3.05) is 18.6 Å². The number of hydrogen-bond acceptors (Lipinski definition) is 6. The lowest BCUT2D eigenvalue weighted by Crippen LogP contribution is -2.46. The van der Waals surface area contributed by atoms with Crippen LogP contribution in [-0.2, 0) is 23.9 Å². The fraction of sp³-hybridized carbons (Fsp3) is 0.414. The van der Waals surface area contributed by atoms with E-state index in [-0.39, 0.29) is 30.8 Å². The quantitative estimate of drug-likeness (QED) is 0.362. The summed E-state index contributed by atoms with van der Waals surface area (Å²) in [5.41, 5.74) is 7.04. The number of nitrogens with one attached hydrogen (secondary N) is 1. The molecular formula is C29H33ClN4O5. The highest BCUT2D eigenvalue weighted by molar-refractivity contribution is 6.30. The molecule has 9 nitrogen and oxygen atoms in total. The molecule has 2 aromatic rings. The molecule has 1 fully saturated rings. The number of fused-ring (bicyclic) bond motifs is 1. The van der Waals surface area contributed by atoms with Crippen molar-refractivity contribution in [1.82, 2.24) is 5.32 Å². The van der Waals surface area contributed by atoms with E-state index in [0.29, 0.717) is 35.7 Å². The normalized spacial score (nSPS) is 18.9. The van der Waals surface area contributed by atoms with E-state index in [2.05, 4.69) is 10.3 Å². The second-order valence-electron chi connectivity index (χ2n) is 10.3. The van der Waals surface area contributed by atoms with Gasteiger partial charge in [0.2, 0.25) is 18.0 Å². The van der Waals surface area contributed by atoms with E-state index in [4.69, 9.17) is 22.1 Å². The van der Waals surface area contributed by atoms with Gasteiger partial charge in [-0.15, -0.1) is 0 Å². The minimum atomic E-state index is -1.23. The number of carbonyl (C=O) groups is 4. The minimum absolute atomic E-state index is 0.0710. The van der Waals surface area contributed by atoms with Gasteiger partial charge in [0.15, 0.2) is 0 Å². The lowest BCUT2D eigenvalue weighted by molar-refractivity contribution is -0.160. The molecule has 1 aliphatic carbocycles. The van der Waals surface area contributed by atoms with E-state index in [1.807, 2.05) is 43.3 Å². The highest BCUT2D eigenvalue weighted by Gasteiger charge is 2.48. The predicted octanol–water partition coefficient (Wildman–Crippen LogP) is 3.60. The number of aliphatic imine (C=N–C) groups is 1. The zero-order valence-electron chi connectivity index (χ0n) is 22.1. The first kappa shape index (κ1) is 28.3. The van der Waals surface area contributed by atoms with Crippen molar-refractivity contribution in [3.8, 4) is 0 Å². The summed E-state index contributed by atoms with van der Waals surface area (Å²) in [5.74, 6) is -2.10. The van der Waals surface area contributed by atoms with Crippen LogP contribution in [0.4, 0.5) is 5.69 Å². The summed E-state index contributed by atoms with van der Waals surface area (Å²) in [6.07, 6.45) is 1.73. The summed E-state index contributed by atoms with van der Waals surface area (Å²) < 4.78 is 5.38. The average Bonchev–Trinajstić information content (AvgIpc) is 3.39. The summed E-state index contributed by atoms with van der Waals surface area (Å²) in [4.78, 5) is 56.9. The molecule has 10 heteroatoms. The molecular weight excluding hydrogens is 520 g/mol. The molecule has 2 aliphatic rings. The Bertz CT molecular complexity index is 1290. The molecule has 4 rings (SSSR count). The number of primary amides is 1. The Balaban J connectivity index is 1.42. The number of carbonyl (C=O) groups excluding carboxylic acids is 4. The zero-order chi connectivity index (χ0) is 28.2. The third-order valence-electron chi connectivity index (χ3n) is 7.46. The van der Waals surface area contributed by atoms with Crippen molar-refractivity contribution in [2.45, 2.75) is 51.6 Å². The highest BCUT2D eigenvalue weighted by atomic mass is 35.5. The van der Waals surface area contributed by atoms with Gasteiger partial charge in [-0.25, -0.2) is 4.99 Å². The van der Waals surface area contributed by atoms with E-state index >= 15 is 0 Å². The first-order chi connectivity index (χ1) is 18.6. The van der Waals surface area contributed by atoms with E-state index in [9.17, 15) is 19.2 Å². The summed E-state index contributed by atoms with van der Waals surface area (Å²) in [6.45, 7) is 1.92. The number of rotatable bonds is 9. The van der Waals surface area contributed by atoms with Crippen LogP contribution in [0.5, 0.6) is 0 Å². The van der Waals surface area contributed by atoms with Gasteiger partial charge in [-0.05, 0) is 43.4 Å². The van der Waals surface area contributed by atoms with E-state index < -0.39 is 23.5 Å². The summed E-state index contributed by atoms with van der Waals surface area (Å²) >= 11 is 6.07. The second-order valence-corrected chi connectivity index (χ2v) is 10.7. The van der Waals surface area contributed by atoms with Gasteiger partial charge in [0, 0.05) is 29.6 Å². The fourth-order valence-corrected chi connectivity index (χ4v) is 5.23. The smallest absolute Gasteiger partial charge is 0.321 e. The number of hydrogen-bond donors (Lipinski definition) is 2. The highest BCUT2D eigenvalue weighted by Crippen LogP contribution is 2.39. The van der Waals surface area contributed by atoms with E-state index in [0.717, 1.165) is 24.0 Å². The topological polar surface area (TPSA) is 131 Å². The number of anilines is 1. The maximum absolute atomic E-state index is 13.3. The number of para-hydroxylation sites is 1. The van der Waals surface area contributed by atoms with Gasteiger partial charge < -0.3 is 20.7 Å². The van der Waals surface area contributed by atoms with Crippen molar-refractivity contribution in [2.24, 2.45) is 22.1 Å². The molecule has 0 bridgehead atoms. The van der Waals surface area contributed by atoms with Gasteiger partial charge in [0.25, 0.3) is 5.91 Å². The maximum atomic E-state index is 13.3. The molecule has 0 spiro atoms. The Morgan fingerprint density at radius 3 is 2.49 bits per heavy atom. The van der Waals surface area contributed by atoms with Gasteiger partial charge in [0.05, 0.1) is 18.0 Å². The molecule has 0 radical (unpaired) electrons. The molecule has 2 unspecified atom stereocenters. The molecule has 1 aliphatic heterocycles. The first-order valence-corrected chi connectivity index (χ1v) is 13.5. The van der Waals surface area contributed by atoms with Gasteiger partial charge >= 0.3 is 5.97 Å². The number of nitrogens with zero attached hydrogens (tertiary/aromatic N) is 2. The Labute approximate surface area is 232 Å². The van der Waals surface area contributed by atoms with Crippen LogP contribution in [-0.4, -0.2) is 49.2 Å². The molecule has 2 aromatic carbocycles. The molecule has 2 atom stereocenters. The number of likely N-dealkylation sites (N-methyl/N-ethyl adjacent to an activating group) is 1. The van der Waals surface area contributed by atoms with Crippen molar-refractivity contribution >= 4 is 46.7 Å². The molecule has 0 saturated heterocycles. The number of benzene rings is 2. The fourth-order valence-electron chi connectivity index (χ4n) is 5.10. The van der Waals surface area contributed by atoms with Crippen LogP contribution in [0.2, 0.25) is 5.02 Å². The first-order valence-electron chi connectivity index (χ1n) is 13.1. The monoisotopic (exact) mass is 552 g/mol. The summed E-state index contributed by atoms with van der Waals surface area (Å²) in [6, 6.07) is 14.6.